The van der Waals surface area contributed by atoms with Gasteiger partial charge in [-0.25, -0.2) is 9.59 Å². The number of nitrogens with one attached hydrogen (secondary N) is 1. The number of hydroxylamine groups is 1. The van der Waals surface area contributed by atoms with Crippen molar-refractivity contribution >= 4 is 28.7 Å². The summed E-state index contributed by atoms with van der Waals surface area (Å²) in [5, 5.41) is 10.8. The van der Waals surface area contributed by atoms with Crippen molar-refractivity contribution in [3.05, 3.63) is 48.0 Å². The molecule has 0 saturated heterocycles. The molecule has 0 saturated carbocycles. The van der Waals surface area contributed by atoms with Gasteiger partial charge in [-0.15, -0.1) is 0 Å². The lowest BCUT2D eigenvalue weighted by Crippen LogP contribution is -2.37. The Kier molecular flexibility index (Phi) is 5.69. The molecule has 4 N–H and O–H groups in total. The highest BCUT2D eigenvalue weighted by molar-refractivity contribution is 5.85. The average molecular weight is 332 g/mol. The number of amides is 2. The molecule has 2 aromatic carbocycles. The quantitative estimate of drug-likeness (QED) is 0.656. The van der Waals surface area contributed by atoms with E-state index in [0.29, 0.717) is 0 Å². The number of carboxylic acids is 1. The van der Waals surface area contributed by atoms with Gasteiger partial charge in [0.05, 0.1) is 6.42 Å². The molecular weight excluding hydrogens is 316 g/mol. The minimum Gasteiger partial charge on any atom is -0.479 e. The molecule has 2 rings (SSSR count). The standard InChI is InChI=1S/C16H16N2O6/c17-14(19)8-13(15(20)21)24-18-16(22)23-9-11-6-3-5-10-4-1-2-7-12(10)11/h1-7,13H,8-9H2,(H2,17,19)(H,18,22)(H,20,21)/t13-/m1/s1. The highest BCUT2D eigenvalue weighted by atomic mass is 16.7. The van der Waals surface area contributed by atoms with E-state index in [-0.39, 0.29) is 6.61 Å². The number of fused-ring (bicyclic) bond motifs is 1. The van der Waals surface area contributed by atoms with Crippen LogP contribution in [0.15, 0.2) is 42.5 Å². The lowest BCUT2D eigenvalue weighted by Gasteiger charge is -2.13. The summed E-state index contributed by atoms with van der Waals surface area (Å²) in [6, 6.07) is 13.2. The van der Waals surface area contributed by atoms with Gasteiger partial charge in [-0.3, -0.25) is 9.63 Å². The van der Waals surface area contributed by atoms with Crippen LogP contribution in [0.3, 0.4) is 0 Å². The Morgan fingerprint density at radius 3 is 2.54 bits per heavy atom. The maximum Gasteiger partial charge on any atom is 0.431 e. The van der Waals surface area contributed by atoms with Crippen molar-refractivity contribution < 1.29 is 29.1 Å². The molecule has 0 heterocycles. The van der Waals surface area contributed by atoms with Crippen LogP contribution < -0.4 is 11.2 Å². The normalized spacial score (nSPS) is 11.7. The third-order valence-electron chi connectivity index (χ3n) is 3.19. The summed E-state index contributed by atoms with van der Waals surface area (Å²) in [4.78, 5) is 37.8. The second-order valence-electron chi connectivity index (χ2n) is 4.93. The summed E-state index contributed by atoms with van der Waals surface area (Å²) < 4.78 is 4.99. The molecule has 0 aliphatic rings. The minimum absolute atomic E-state index is 0.0237. The van der Waals surface area contributed by atoms with E-state index in [2.05, 4.69) is 4.84 Å². The summed E-state index contributed by atoms with van der Waals surface area (Å²) in [5.74, 6) is -2.29. The van der Waals surface area contributed by atoms with E-state index in [1.807, 2.05) is 47.9 Å². The SMILES string of the molecule is NC(=O)C[C@@H](ONC(=O)OCc1cccc2ccccc12)C(=O)O. The van der Waals surface area contributed by atoms with Crippen LogP contribution in [0, 0.1) is 0 Å². The topological polar surface area (TPSA) is 128 Å². The van der Waals surface area contributed by atoms with E-state index in [0.717, 1.165) is 16.3 Å². The van der Waals surface area contributed by atoms with Gasteiger partial charge in [0.1, 0.15) is 6.61 Å². The fourth-order valence-corrected chi connectivity index (χ4v) is 2.07. The molecule has 0 spiro atoms. The highest BCUT2D eigenvalue weighted by Crippen LogP contribution is 2.19. The van der Waals surface area contributed by atoms with E-state index in [1.54, 1.807) is 0 Å². The molecule has 2 amide bonds. The number of carboxylic acid groups (broad SMARTS) is 1. The molecule has 24 heavy (non-hydrogen) atoms. The molecule has 0 fully saturated rings. The maximum absolute atomic E-state index is 11.6. The van der Waals surface area contributed by atoms with Crippen LogP contribution in [0.2, 0.25) is 0 Å². The minimum atomic E-state index is -1.58. The fraction of sp³-hybridized carbons (Fsp3) is 0.188. The van der Waals surface area contributed by atoms with E-state index in [4.69, 9.17) is 15.6 Å². The van der Waals surface area contributed by atoms with Gasteiger partial charge in [0.25, 0.3) is 0 Å². The molecule has 0 radical (unpaired) electrons. The molecule has 2 aromatic rings. The number of hydrogen-bond donors (Lipinski definition) is 3. The third-order valence-corrected chi connectivity index (χ3v) is 3.19. The van der Waals surface area contributed by atoms with Crippen LogP contribution in [-0.4, -0.2) is 29.2 Å². The molecule has 8 heteroatoms. The maximum atomic E-state index is 11.6. The number of nitrogens with two attached hydrogens (primary N) is 1. The Morgan fingerprint density at radius 1 is 1.12 bits per heavy atom. The number of aliphatic carboxylic acids is 1. The smallest absolute Gasteiger partial charge is 0.431 e. The summed E-state index contributed by atoms with van der Waals surface area (Å²) >= 11 is 0. The first-order valence-corrected chi connectivity index (χ1v) is 7.03. The van der Waals surface area contributed by atoms with Gasteiger partial charge in [-0.1, -0.05) is 42.5 Å². The van der Waals surface area contributed by atoms with Crippen LogP contribution in [0.1, 0.15) is 12.0 Å². The first-order chi connectivity index (χ1) is 11.5. The van der Waals surface area contributed by atoms with Crippen LogP contribution in [0.5, 0.6) is 0 Å². The Labute approximate surface area is 137 Å². The predicted molar refractivity (Wildman–Crippen MR) is 83.6 cm³/mol. The van der Waals surface area contributed by atoms with Crippen molar-refractivity contribution in [2.75, 3.05) is 0 Å². The van der Waals surface area contributed by atoms with Crippen LogP contribution in [-0.2, 0) is 25.8 Å². The average Bonchev–Trinajstić information content (AvgIpc) is 2.56. The third kappa shape index (κ3) is 4.68. The Balaban J connectivity index is 1.90. The van der Waals surface area contributed by atoms with Gasteiger partial charge < -0.3 is 15.6 Å². The molecule has 8 nitrogen and oxygen atoms in total. The van der Waals surface area contributed by atoms with Gasteiger partial charge in [0, 0.05) is 0 Å². The number of carbonyl (C=O) groups excluding carboxylic acids is 2. The number of hydrogen-bond acceptors (Lipinski definition) is 5. The highest BCUT2D eigenvalue weighted by Gasteiger charge is 2.22. The van der Waals surface area contributed by atoms with Crippen molar-refractivity contribution in [1.82, 2.24) is 5.48 Å². The molecule has 0 aromatic heterocycles. The number of carbonyl (C=O) groups is 3. The molecule has 0 aliphatic carbocycles. The van der Waals surface area contributed by atoms with Crippen molar-refractivity contribution in [2.24, 2.45) is 5.73 Å². The van der Waals surface area contributed by atoms with Crippen molar-refractivity contribution in [3.63, 3.8) is 0 Å². The first kappa shape index (κ1) is 17.2. The monoisotopic (exact) mass is 332 g/mol. The zero-order chi connectivity index (χ0) is 17.5. The lowest BCUT2D eigenvalue weighted by molar-refractivity contribution is -0.157. The second-order valence-corrected chi connectivity index (χ2v) is 4.93. The van der Waals surface area contributed by atoms with Gasteiger partial charge >= 0.3 is 12.1 Å². The number of benzene rings is 2. The van der Waals surface area contributed by atoms with E-state index in [9.17, 15) is 14.4 Å². The second kappa shape index (κ2) is 7.93. The molecule has 0 unspecified atom stereocenters. The molecule has 126 valence electrons. The zero-order valence-corrected chi connectivity index (χ0v) is 12.6. The van der Waals surface area contributed by atoms with Crippen LogP contribution in [0.25, 0.3) is 10.8 Å². The molecule has 0 aliphatic heterocycles. The zero-order valence-electron chi connectivity index (χ0n) is 12.6. The lowest BCUT2D eigenvalue weighted by atomic mass is 10.1. The number of primary amides is 1. The molecular formula is C16H16N2O6. The first-order valence-electron chi connectivity index (χ1n) is 7.03. The van der Waals surface area contributed by atoms with Crippen molar-refractivity contribution in [2.45, 2.75) is 19.1 Å². The number of rotatable bonds is 7. The Hall–Kier alpha value is -3.13. The van der Waals surface area contributed by atoms with Crippen LogP contribution >= 0.6 is 0 Å². The summed E-state index contributed by atoms with van der Waals surface area (Å²) in [7, 11) is 0. The molecule has 1 atom stereocenters. The fourth-order valence-electron chi connectivity index (χ4n) is 2.07. The van der Waals surface area contributed by atoms with Gasteiger partial charge in [-0.2, -0.15) is 5.48 Å². The van der Waals surface area contributed by atoms with Crippen LogP contribution in [0.4, 0.5) is 4.79 Å². The molecule has 0 bridgehead atoms. The van der Waals surface area contributed by atoms with Crippen molar-refractivity contribution in [1.29, 1.82) is 0 Å². The van der Waals surface area contributed by atoms with Gasteiger partial charge in [0.15, 0.2) is 6.10 Å². The van der Waals surface area contributed by atoms with E-state index >= 15 is 0 Å². The predicted octanol–water partition coefficient (Wildman–Crippen LogP) is 1.33. The Morgan fingerprint density at radius 2 is 1.83 bits per heavy atom. The summed E-state index contributed by atoms with van der Waals surface area (Å²) in [5.41, 5.74) is 7.52. The van der Waals surface area contributed by atoms with E-state index in [1.165, 1.54) is 0 Å². The summed E-state index contributed by atoms with van der Waals surface area (Å²) in [6.07, 6.45) is -3.12. The van der Waals surface area contributed by atoms with Gasteiger partial charge in [-0.05, 0) is 16.3 Å². The van der Waals surface area contributed by atoms with Gasteiger partial charge in [0.2, 0.25) is 5.91 Å². The van der Waals surface area contributed by atoms with E-state index < -0.39 is 30.5 Å². The van der Waals surface area contributed by atoms with Crippen molar-refractivity contribution in [3.8, 4) is 0 Å². The number of ether oxygens (including phenoxy) is 1. The Bertz CT molecular complexity index is 756. The summed E-state index contributed by atoms with van der Waals surface area (Å²) in [6.45, 7) is -0.0237. The largest absolute Gasteiger partial charge is 0.479 e.